The van der Waals surface area contributed by atoms with Gasteiger partial charge in [0.15, 0.2) is 5.78 Å². The molecule has 0 fully saturated rings. The van der Waals surface area contributed by atoms with Crippen molar-refractivity contribution >= 4 is 29.0 Å². The van der Waals surface area contributed by atoms with Gasteiger partial charge in [-0.1, -0.05) is 35.3 Å². The third-order valence-electron chi connectivity index (χ3n) is 2.88. The quantitative estimate of drug-likeness (QED) is 0.739. The smallest absolute Gasteiger partial charge is 0.188 e. The fourth-order valence-corrected chi connectivity index (χ4v) is 2.07. The summed E-state index contributed by atoms with van der Waals surface area (Å²) < 4.78 is 10.6. The van der Waals surface area contributed by atoms with Crippen LogP contribution in [0.2, 0.25) is 10.0 Å². The fraction of sp³-hybridized carbons (Fsp3) is 0.188. The third-order valence-corrected chi connectivity index (χ3v) is 3.62. The highest BCUT2D eigenvalue weighted by Crippen LogP contribution is 2.22. The summed E-state index contributed by atoms with van der Waals surface area (Å²) in [4.78, 5) is 12.0. The molecule has 2 aromatic carbocycles. The highest BCUT2D eigenvalue weighted by Gasteiger charge is 2.08. The lowest BCUT2D eigenvalue weighted by atomic mass is 10.1. The maximum Gasteiger partial charge on any atom is 0.188 e. The van der Waals surface area contributed by atoms with Gasteiger partial charge < -0.3 is 9.47 Å². The number of ether oxygens (including phenoxy) is 2. The van der Waals surface area contributed by atoms with Crippen LogP contribution < -0.4 is 4.74 Å². The Balaban J connectivity index is 1.90. The SMILES string of the molecule is COc1cccc(COCC(=O)c2ccc(Cl)c(Cl)c2)c1. The Labute approximate surface area is 133 Å². The number of Topliss-reactive ketones (excluding diaryl/α,β-unsaturated/α-hetero) is 1. The van der Waals surface area contributed by atoms with Crippen molar-refractivity contribution in [3.05, 3.63) is 63.6 Å². The van der Waals surface area contributed by atoms with E-state index in [0.29, 0.717) is 22.2 Å². The lowest BCUT2D eigenvalue weighted by molar-refractivity contribution is 0.0726. The summed E-state index contributed by atoms with van der Waals surface area (Å²) in [5, 5.41) is 0.779. The lowest BCUT2D eigenvalue weighted by Crippen LogP contribution is -2.09. The third kappa shape index (κ3) is 4.46. The van der Waals surface area contributed by atoms with Crippen LogP contribution in [0, 0.1) is 0 Å². The molecule has 0 aromatic heterocycles. The number of methoxy groups -OCH3 is 1. The van der Waals surface area contributed by atoms with Crippen molar-refractivity contribution < 1.29 is 14.3 Å². The van der Waals surface area contributed by atoms with Gasteiger partial charge in [-0.25, -0.2) is 0 Å². The first kappa shape index (κ1) is 15.8. The van der Waals surface area contributed by atoms with Gasteiger partial charge in [0.05, 0.1) is 23.8 Å². The van der Waals surface area contributed by atoms with Crippen LogP contribution in [0.3, 0.4) is 0 Å². The summed E-state index contributed by atoms with van der Waals surface area (Å²) in [6, 6.07) is 12.3. The number of rotatable bonds is 6. The molecule has 0 bridgehead atoms. The second-order valence-electron chi connectivity index (χ2n) is 4.40. The molecule has 0 amide bonds. The molecule has 3 nitrogen and oxygen atoms in total. The molecule has 0 heterocycles. The van der Waals surface area contributed by atoms with Crippen LogP contribution >= 0.6 is 23.2 Å². The van der Waals surface area contributed by atoms with Crippen molar-refractivity contribution in [2.45, 2.75) is 6.61 Å². The Morgan fingerprint density at radius 3 is 2.62 bits per heavy atom. The van der Waals surface area contributed by atoms with Crippen LogP contribution in [0.15, 0.2) is 42.5 Å². The summed E-state index contributed by atoms with van der Waals surface area (Å²) in [6.45, 7) is 0.319. The normalized spacial score (nSPS) is 10.4. The summed E-state index contributed by atoms with van der Waals surface area (Å²) in [6.07, 6.45) is 0. The van der Waals surface area contributed by atoms with Gasteiger partial charge in [-0.15, -0.1) is 0 Å². The average molecular weight is 325 g/mol. The standard InChI is InChI=1S/C16H14Cl2O3/c1-20-13-4-2-3-11(7-13)9-21-10-16(19)12-5-6-14(17)15(18)8-12/h2-8H,9-10H2,1H3. The highest BCUT2D eigenvalue weighted by atomic mass is 35.5. The molecule has 0 unspecified atom stereocenters. The van der Waals surface area contributed by atoms with Crippen LogP contribution in [-0.4, -0.2) is 19.5 Å². The van der Waals surface area contributed by atoms with E-state index in [0.717, 1.165) is 11.3 Å². The molecule has 2 aromatic rings. The molecule has 2 rings (SSSR count). The van der Waals surface area contributed by atoms with E-state index in [9.17, 15) is 4.79 Å². The summed E-state index contributed by atoms with van der Waals surface area (Å²) in [7, 11) is 1.60. The highest BCUT2D eigenvalue weighted by molar-refractivity contribution is 6.42. The minimum atomic E-state index is -0.142. The van der Waals surface area contributed by atoms with Gasteiger partial charge in [0.25, 0.3) is 0 Å². The zero-order valence-electron chi connectivity index (χ0n) is 11.4. The molecule has 0 radical (unpaired) electrons. The molecule has 0 aliphatic rings. The molecule has 0 aliphatic heterocycles. The lowest BCUT2D eigenvalue weighted by Gasteiger charge is -2.06. The molecule has 0 atom stereocenters. The van der Waals surface area contributed by atoms with Crippen molar-refractivity contribution in [3.8, 4) is 5.75 Å². The van der Waals surface area contributed by atoms with Crippen molar-refractivity contribution in [2.75, 3.05) is 13.7 Å². The van der Waals surface area contributed by atoms with Gasteiger partial charge in [-0.05, 0) is 35.9 Å². The number of hydrogen-bond acceptors (Lipinski definition) is 3. The minimum Gasteiger partial charge on any atom is -0.497 e. The largest absolute Gasteiger partial charge is 0.497 e. The zero-order chi connectivity index (χ0) is 15.2. The van der Waals surface area contributed by atoms with Crippen molar-refractivity contribution in [1.29, 1.82) is 0 Å². The van der Waals surface area contributed by atoms with Gasteiger partial charge in [0.1, 0.15) is 12.4 Å². The number of ketones is 1. The molecule has 0 aliphatic carbocycles. The van der Waals surface area contributed by atoms with Crippen LogP contribution in [0.4, 0.5) is 0 Å². The predicted molar refractivity (Wildman–Crippen MR) is 83.4 cm³/mol. The average Bonchev–Trinajstić information content (AvgIpc) is 2.50. The van der Waals surface area contributed by atoms with Gasteiger partial charge in [-0.2, -0.15) is 0 Å². The van der Waals surface area contributed by atoms with E-state index < -0.39 is 0 Å². The van der Waals surface area contributed by atoms with Crippen LogP contribution in [-0.2, 0) is 11.3 Å². The first-order valence-corrected chi connectivity index (χ1v) is 7.04. The summed E-state index contributed by atoms with van der Waals surface area (Å²) in [5.74, 6) is 0.614. The molecule has 21 heavy (non-hydrogen) atoms. The van der Waals surface area contributed by atoms with Crippen LogP contribution in [0.1, 0.15) is 15.9 Å². The first-order valence-electron chi connectivity index (χ1n) is 6.29. The second kappa shape index (κ2) is 7.46. The van der Waals surface area contributed by atoms with E-state index in [1.54, 1.807) is 25.3 Å². The number of carbonyl (C=O) groups excluding carboxylic acids is 1. The number of benzene rings is 2. The molecule has 0 saturated carbocycles. The number of hydrogen-bond donors (Lipinski definition) is 0. The van der Waals surface area contributed by atoms with Crippen LogP contribution in [0.25, 0.3) is 0 Å². The second-order valence-corrected chi connectivity index (χ2v) is 5.21. The molecule has 0 spiro atoms. The topological polar surface area (TPSA) is 35.5 Å². The summed E-state index contributed by atoms with van der Waals surface area (Å²) in [5.41, 5.74) is 1.42. The minimum absolute atomic E-state index is 0.0187. The molecular formula is C16H14Cl2O3. The monoisotopic (exact) mass is 324 g/mol. The molecule has 0 saturated heterocycles. The molecule has 0 N–H and O–H groups in total. The van der Waals surface area contributed by atoms with E-state index >= 15 is 0 Å². The van der Waals surface area contributed by atoms with Crippen molar-refractivity contribution in [1.82, 2.24) is 0 Å². The van der Waals surface area contributed by atoms with Gasteiger partial charge in [0, 0.05) is 5.56 Å². The maximum atomic E-state index is 12.0. The van der Waals surface area contributed by atoms with Gasteiger partial charge in [0.2, 0.25) is 0 Å². The molecule has 5 heteroatoms. The predicted octanol–water partition coefficient (Wildman–Crippen LogP) is 4.40. The number of carbonyl (C=O) groups is 1. The van der Waals surface area contributed by atoms with Crippen molar-refractivity contribution in [2.24, 2.45) is 0 Å². The Kier molecular flexibility index (Phi) is 5.62. The zero-order valence-corrected chi connectivity index (χ0v) is 12.9. The number of halogens is 2. The van der Waals surface area contributed by atoms with E-state index in [4.69, 9.17) is 32.7 Å². The van der Waals surface area contributed by atoms with Crippen molar-refractivity contribution in [3.63, 3.8) is 0 Å². The van der Waals surface area contributed by atoms with E-state index in [-0.39, 0.29) is 12.4 Å². The van der Waals surface area contributed by atoms with Crippen LogP contribution in [0.5, 0.6) is 5.75 Å². The Hall–Kier alpha value is -1.55. The Morgan fingerprint density at radius 2 is 1.90 bits per heavy atom. The summed E-state index contributed by atoms with van der Waals surface area (Å²) >= 11 is 11.7. The molecule has 110 valence electrons. The van der Waals surface area contributed by atoms with E-state index in [2.05, 4.69) is 0 Å². The van der Waals surface area contributed by atoms with E-state index in [1.807, 2.05) is 24.3 Å². The first-order chi connectivity index (χ1) is 10.1. The molecular weight excluding hydrogens is 311 g/mol. The van der Waals surface area contributed by atoms with E-state index in [1.165, 1.54) is 0 Å². The van der Waals surface area contributed by atoms with Gasteiger partial charge >= 0.3 is 0 Å². The van der Waals surface area contributed by atoms with Gasteiger partial charge in [-0.3, -0.25) is 4.79 Å². The fourth-order valence-electron chi connectivity index (χ4n) is 1.78. The Bertz CT molecular complexity index is 641. The maximum absolute atomic E-state index is 12.0. The Morgan fingerprint density at radius 1 is 1.10 bits per heavy atom.